The number of rotatable bonds is 7. The standard InChI is InChI=1S/C18H23N3O3/c22-18(23)13-24-17-6-2-1-5-15(17)12-21-9-3-4-14(11-21)10-16-7-8-19-20-16/h1-2,5-8,14H,3-4,9-13H2,(H,19,20)(H,22,23)/t14-/m0/s1. The number of aromatic nitrogens is 2. The highest BCUT2D eigenvalue weighted by Gasteiger charge is 2.21. The van der Waals surface area contributed by atoms with E-state index in [-0.39, 0.29) is 6.61 Å². The lowest BCUT2D eigenvalue weighted by Crippen LogP contribution is -2.35. The number of likely N-dealkylation sites (tertiary alicyclic amines) is 1. The highest BCUT2D eigenvalue weighted by Crippen LogP contribution is 2.25. The molecule has 2 N–H and O–H groups in total. The van der Waals surface area contributed by atoms with Gasteiger partial charge in [0.05, 0.1) is 0 Å². The van der Waals surface area contributed by atoms with Gasteiger partial charge in [-0.15, -0.1) is 0 Å². The number of nitrogens with one attached hydrogen (secondary N) is 1. The topological polar surface area (TPSA) is 78.5 Å². The quantitative estimate of drug-likeness (QED) is 0.815. The number of hydrogen-bond acceptors (Lipinski definition) is 4. The highest BCUT2D eigenvalue weighted by atomic mass is 16.5. The first-order chi connectivity index (χ1) is 11.7. The summed E-state index contributed by atoms with van der Waals surface area (Å²) >= 11 is 0. The van der Waals surface area contributed by atoms with Crippen LogP contribution in [0.15, 0.2) is 36.5 Å². The summed E-state index contributed by atoms with van der Waals surface area (Å²) < 4.78 is 5.41. The molecule has 0 radical (unpaired) electrons. The molecule has 6 heteroatoms. The smallest absolute Gasteiger partial charge is 0.341 e. The number of H-pyrrole nitrogens is 1. The lowest BCUT2D eigenvalue weighted by molar-refractivity contribution is -0.139. The summed E-state index contributed by atoms with van der Waals surface area (Å²) in [6.07, 6.45) is 5.23. The molecule has 0 aliphatic carbocycles. The van der Waals surface area contributed by atoms with Crippen LogP contribution in [0.25, 0.3) is 0 Å². The highest BCUT2D eigenvalue weighted by molar-refractivity contribution is 5.68. The van der Waals surface area contributed by atoms with Gasteiger partial charge in [-0.1, -0.05) is 18.2 Å². The number of hydrogen-bond donors (Lipinski definition) is 2. The second kappa shape index (κ2) is 7.97. The molecule has 0 saturated carbocycles. The summed E-state index contributed by atoms with van der Waals surface area (Å²) in [6, 6.07) is 9.72. The van der Waals surface area contributed by atoms with Crippen molar-refractivity contribution in [2.24, 2.45) is 5.92 Å². The van der Waals surface area contributed by atoms with Gasteiger partial charge in [0.2, 0.25) is 0 Å². The van der Waals surface area contributed by atoms with Crippen molar-refractivity contribution in [1.82, 2.24) is 15.1 Å². The number of carboxylic acid groups (broad SMARTS) is 1. The minimum atomic E-state index is -0.956. The molecule has 1 aliphatic rings. The third kappa shape index (κ3) is 4.58. The van der Waals surface area contributed by atoms with Crippen LogP contribution in [0.5, 0.6) is 5.75 Å². The fourth-order valence-electron chi connectivity index (χ4n) is 3.33. The number of nitrogens with zero attached hydrogens (tertiary/aromatic N) is 2. The van der Waals surface area contributed by atoms with Crippen molar-refractivity contribution in [2.75, 3.05) is 19.7 Å². The summed E-state index contributed by atoms with van der Waals surface area (Å²) in [5.74, 6) is 0.323. The Morgan fingerprint density at radius 2 is 2.25 bits per heavy atom. The fraction of sp³-hybridized carbons (Fsp3) is 0.444. The van der Waals surface area contributed by atoms with Gasteiger partial charge in [-0.05, 0) is 43.9 Å². The Morgan fingerprint density at radius 1 is 1.38 bits per heavy atom. The zero-order chi connectivity index (χ0) is 16.8. The molecule has 1 atom stereocenters. The summed E-state index contributed by atoms with van der Waals surface area (Å²) in [5, 5.41) is 15.9. The van der Waals surface area contributed by atoms with Crippen molar-refractivity contribution in [3.05, 3.63) is 47.8 Å². The van der Waals surface area contributed by atoms with Gasteiger partial charge >= 0.3 is 5.97 Å². The monoisotopic (exact) mass is 329 g/mol. The third-order valence-corrected chi connectivity index (χ3v) is 4.39. The number of aromatic amines is 1. The van der Waals surface area contributed by atoms with Crippen molar-refractivity contribution < 1.29 is 14.6 Å². The van der Waals surface area contributed by atoms with E-state index in [1.807, 2.05) is 30.3 Å². The summed E-state index contributed by atoms with van der Waals surface area (Å²) in [5.41, 5.74) is 2.23. The van der Waals surface area contributed by atoms with E-state index >= 15 is 0 Å². The van der Waals surface area contributed by atoms with E-state index in [9.17, 15) is 4.79 Å². The van der Waals surface area contributed by atoms with Crippen molar-refractivity contribution in [1.29, 1.82) is 0 Å². The maximum atomic E-state index is 10.7. The van der Waals surface area contributed by atoms with Crippen LogP contribution in [0.4, 0.5) is 0 Å². The van der Waals surface area contributed by atoms with Crippen molar-refractivity contribution >= 4 is 5.97 Å². The molecule has 6 nitrogen and oxygen atoms in total. The van der Waals surface area contributed by atoms with Gasteiger partial charge in [-0.3, -0.25) is 10.00 Å². The van der Waals surface area contributed by atoms with Crippen LogP contribution in [-0.2, 0) is 17.8 Å². The molecular weight excluding hydrogens is 306 g/mol. The first-order valence-corrected chi connectivity index (χ1v) is 8.34. The third-order valence-electron chi connectivity index (χ3n) is 4.39. The van der Waals surface area contributed by atoms with Crippen LogP contribution in [0.1, 0.15) is 24.1 Å². The maximum Gasteiger partial charge on any atom is 0.341 e. The lowest BCUT2D eigenvalue weighted by Gasteiger charge is -2.33. The van der Waals surface area contributed by atoms with E-state index in [2.05, 4.69) is 15.1 Å². The Morgan fingerprint density at radius 3 is 3.04 bits per heavy atom. The Labute approximate surface area is 141 Å². The SMILES string of the molecule is O=C(O)COc1ccccc1CN1CCC[C@@H](Cc2ccn[nH]2)C1. The lowest BCUT2D eigenvalue weighted by atomic mass is 9.93. The average Bonchev–Trinajstić information content (AvgIpc) is 3.07. The van der Waals surface area contributed by atoms with Gasteiger partial charge in [0, 0.05) is 30.5 Å². The largest absolute Gasteiger partial charge is 0.482 e. The molecule has 0 spiro atoms. The summed E-state index contributed by atoms with van der Waals surface area (Å²) in [7, 11) is 0. The van der Waals surface area contributed by atoms with E-state index in [4.69, 9.17) is 9.84 Å². The average molecular weight is 329 g/mol. The molecule has 1 saturated heterocycles. The molecule has 0 bridgehead atoms. The van der Waals surface area contributed by atoms with Crippen molar-refractivity contribution in [3.8, 4) is 5.75 Å². The Hall–Kier alpha value is -2.34. The number of benzene rings is 1. The Kier molecular flexibility index (Phi) is 5.48. The predicted molar refractivity (Wildman–Crippen MR) is 89.9 cm³/mol. The minimum absolute atomic E-state index is 0.306. The molecule has 0 unspecified atom stereocenters. The van der Waals surface area contributed by atoms with E-state index in [0.717, 1.165) is 31.6 Å². The van der Waals surface area contributed by atoms with Gasteiger partial charge in [-0.25, -0.2) is 4.79 Å². The number of ether oxygens (including phenoxy) is 1. The molecule has 128 valence electrons. The van der Waals surface area contributed by atoms with Crippen LogP contribution in [-0.4, -0.2) is 45.9 Å². The first-order valence-electron chi connectivity index (χ1n) is 8.34. The predicted octanol–water partition coefficient (Wildman–Crippen LogP) is 2.33. The van der Waals surface area contributed by atoms with E-state index in [0.29, 0.717) is 11.7 Å². The van der Waals surface area contributed by atoms with Gasteiger partial charge in [0.25, 0.3) is 0 Å². The molecule has 0 amide bonds. The molecule has 2 aromatic rings. The van der Waals surface area contributed by atoms with E-state index in [1.54, 1.807) is 6.20 Å². The van der Waals surface area contributed by atoms with Gasteiger partial charge in [-0.2, -0.15) is 5.10 Å². The molecular formula is C18H23N3O3. The zero-order valence-electron chi connectivity index (χ0n) is 13.6. The minimum Gasteiger partial charge on any atom is -0.482 e. The summed E-state index contributed by atoms with van der Waals surface area (Å²) in [6.45, 7) is 2.58. The van der Waals surface area contributed by atoms with Gasteiger partial charge < -0.3 is 9.84 Å². The van der Waals surface area contributed by atoms with E-state index < -0.39 is 5.97 Å². The molecule has 1 aromatic heterocycles. The Bertz CT molecular complexity index is 657. The van der Waals surface area contributed by atoms with Crippen LogP contribution in [0, 0.1) is 5.92 Å². The molecule has 24 heavy (non-hydrogen) atoms. The van der Waals surface area contributed by atoms with Crippen LogP contribution in [0.3, 0.4) is 0 Å². The van der Waals surface area contributed by atoms with Crippen LogP contribution < -0.4 is 4.74 Å². The molecule has 1 aromatic carbocycles. The second-order valence-electron chi connectivity index (χ2n) is 6.32. The van der Waals surface area contributed by atoms with Gasteiger partial charge in [0.1, 0.15) is 5.75 Å². The molecule has 1 aliphatic heterocycles. The molecule has 1 fully saturated rings. The number of carbonyl (C=O) groups is 1. The zero-order valence-corrected chi connectivity index (χ0v) is 13.6. The first kappa shape index (κ1) is 16.5. The maximum absolute atomic E-state index is 10.7. The number of carboxylic acids is 1. The normalized spacial score (nSPS) is 18.4. The fourth-order valence-corrected chi connectivity index (χ4v) is 3.33. The van der Waals surface area contributed by atoms with Crippen LogP contribution in [0.2, 0.25) is 0 Å². The summed E-state index contributed by atoms with van der Waals surface area (Å²) in [4.78, 5) is 13.1. The number of aliphatic carboxylic acids is 1. The van der Waals surface area contributed by atoms with Crippen LogP contribution >= 0.6 is 0 Å². The molecule has 2 heterocycles. The second-order valence-corrected chi connectivity index (χ2v) is 6.32. The van der Waals surface area contributed by atoms with Gasteiger partial charge in [0.15, 0.2) is 6.61 Å². The number of para-hydroxylation sites is 1. The van der Waals surface area contributed by atoms with Crippen molar-refractivity contribution in [3.63, 3.8) is 0 Å². The van der Waals surface area contributed by atoms with Crippen molar-refractivity contribution in [2.45, 2.75) is 25.8 Å². The number of piperidine rings is 1. The Balaban J connectivity index is 1.60. The molecule has 3 rings (SSSR count). The van der Waals surface area contributed by atoms with E-state index in [1.165, 1.54) is 18.5 Å².